The van der Waals surface area contributed by atoms with Gasteiger partial charge >= 0.3 is 0 Å². The molecule has 0 aliphatic rings. The van der Waals surface area contributed by atoms with E-state index in [1.165, 1.54) is 0 Å². The first-order chi connectivity index (χ1) is 7.70. The van der Waals surface area contributed by atoms with Crippen molar-refractivity contribution in [3.8, 4) is 12.3 Å². The van der Waals surface area contributed by atoms with Gasteiger partial charge in [-0.15, -0.1) is 12.3 Å². The van der Waals surface area contributed by atoms with Gasteiger partial charge in [0.1, 0.15) is 0 Å². The van der Waals surface area contributed by atoms with E-state index >= 15 is 0 Å². The molecule has 0 aromatic heterocycles. The molecule has 0 fully saturated rings. The van der Waals surface area contributed by atoms with Crippen LogP contribution in [0, 0.1) is 12.3 Å². The maximum absolute atomic E-state index is 6.16. The number of rotatable bonds is 5. The highest BCUT2D eigenvalue weighted by Gasteiger charge is 2.16. The number of nitrogens with one attached hydrogen (secondary N) is 1. The van der Waals surface area contributed by atoms with Crippen molar-refractivity contribution in [2.75, 3.05) is 6.54 Å². The summed E-state index contributed by atoms with van der Waals surface area (Å²) in [5.74, 6) is 2.64. The van der Waals surface area contributed by atoms with Gasteiger partial charge < -0.3 is 5.32 Å². The molecule has 0 amide bonds. The van der Waals surface area contributed by atoms with E-state index in [2.05, 4.69) is 11.2 Å². The Bertz CT molecular complexity index is 362. The van der Waals surface area contributed by atoms with Gasteiger partial charge in [0.05, 0.1) is 0 Å². The Morgan fingerprint density at radius 3 is 2.50 bits per heavy atom. The van der Waals surface area contributed by atoms with Gasteiger partial charge in [0, 0.05) is 28.1 Å². The van der Waals surface area contributed by atoms with Crippen LogP contribution in [0.25, 0.3) is 0 Å². The molecule has 86 valence electrons. The zero-order valence-electron chi connectivity index (χ0n) is 9.26. The van der Waals surface area contributed by atoms with Crippen molar-refractivity contribution < 1.29 is 0 Å². The predicted molar refractivity (Wildman–Crippen MR) is 70.9 cm³/mol. The molecule has 0 aliphatic carbocycles. The number of halogens is 2. The van der Waals surface area contributed by atoms with Crippen LogP contribution in [0.5, 0.6) is 0 Å². The average molecular weight is 256 g/mol. The van der Waals surface area contributed by atoms with Crippen molar-refractivity contribution in [1.29, 1.82) is 0 Å². The SMILES string of the molecule is C#CCCC(NCC)c1c(Cl)cccc1Cl. The van der Waals surface area contributed by atoms with Crippen LogP contribution < -0.4 is 5.32 Å². The second kappa shape index (κ2) is 6.81. The van der Waals surface area contributed by atoms with E-state index in [-0.39, 0.29) is 6.04 Å². The van der Waals surface area contributed by atoms with Gasteiger partial charge in [-0.2, -0.15) is 0 Å². The standard InChI is InChI=1S/C13H15Cl2N/c1-3-5-9-12(16-4-2)13-10(14)7-6-8-11(13)15/h1,6-8,12,16H,4-5,9H2,2H3. The Morgan fingerprint density at radius 1 is 1.38 bits per heavy atom. The number of benzene rings is 1. The molecule has 0 spiro atoms. The topological polar surface area (TPSA) is 12.0 Å². The molecule has 0 saturated heterocycles. The van der Waals surface area contributed by atoms with Crippen molar-refractivity contribution >= 4 is 23.2 Å². The molecule has 3 heteroatoms. The molecule has 1 N–H and O–H groups in total. The molecule has 0 bridgehead atoms. The first-order valence-corrected chi connectivity index (χ1v) is 6.07. The monoisotopic (exact) mass is 255 g/mol. The molecule has 0 radical (unpaired) electrons. The lowest BCUT2D eigenvalue weighted by Crippen LogP contribution is -2.21. The van der Waals surface area contributed by atoms with Crippen molar-refractivity contribution in [2.45, 2.75) is 25.8 Å². The molecule has 0 heterocycles. The van der Waals surface area contributed by atoms with Crippen LogP contribution in [-0.2, 0) is 0 Å². The molecular formula is C13H15Cl2N. The third-order valence-electron chi connectivity index (χ3n) is 2.38. The largest absolute Gasteiger partial charge is 0.310 e. The summed E-state index contributed by atoms with van der Waals surface area (Å²) in [6, 6.07) is 5.67. The van der Waals surface area contributed by atoms with E-state index in [1.54, 1.807) is 0 Å². The third-order valence-corrected chi connectivity index (χ3v) is 3.04. The fourth-order valence-electron chi connectivity index (χ4n) is 1.67. The maximum Gasteiger partial charge on any atom is 0.0468 e. The Balaban J connectivity index is 2.96. The fourth-order valence-corrected chi connectivity index (χ4v) is 2.33. The summed E-state index contributed by atoms with van der Waals surface area (Å²) in [6.07, 6.45) is 6.83. The second-order valence-corrected chi connectivity index (χ2v) is 4.30. The van der Waals surface area contributed by atoms with Crippen LogP contribution in [0.2, 0.25) is 10.0 Å². The quantitative estimate of drug-likeness (QED) is 0.783. The summed E-state index contributed by atoms with van der Waals surface area (Å²) in [6.45, 7) is 2.91. The van der Waals surface area contributed by atoms with Gasteiger partial charge in [0.15, 0.2) is 0 Å². The van der Waals surface area contributed by atoms with E-state index in [0.717, 1.165) is 18.5 Å². The third kappa shape index (κ3) is 3.42. The van der Waals surface area contributed by atoms with E-state index in [1.807, 2.05) is 25.1 Å². The highest BCUT2D eigenvalue weighted by atomic mass is 35.5. The number of terminal acetylenes is 1. The minimum absolute atomic E-state index is 0.127. The zero-order chi connectivity index (χ0) is 12.0. The molecular weight excluding hydrogens is 241 g/mol. The first-order valence-electron chi connectivity index (χ1n) is 5.31. The molecule has 1 nitrogen and oxygen atoms in total. The summed E-state index contributed by atoms with van der Waals surface area (Å²) >= 11 is 12.3. The maximum atomic E-state index is 6.16. The lowest BCUT2D eigenvalue weighted by molar-refractivity contribution is 0.523. The molecule has 1 rings (SSSR count). The summed E-state index contributed by atoms with van der Waals surface area (Å²) < 4.78 is 0. The summed E-state index contributed by atoms with van der Waals surface area (Å²) in [7, 11) is 0. The van der Waals surface area contributed by atoms with E-state index in [9.17, 15) is 0 Å². The molecule has 1 aromatic rings. The van der Waals surface area contributed by atoms with Crippen molar-refractivity contribution in [1.82, 2.24) is 5.32 Å². The molecule has 0 aliphatic heterocycles. The van der Waals surface area contributed by atoms with Gasteiger partial charge in [0.2, 0.25) is 0 Å². The second-order valence-electron chi connectivity index (χ2n) is 3.49. The highest BCUT2D eigenvalue weighted by molar-refractivity contribution is 6.36. The lowest BCUT2D eigenvalue weighted by atomic mass is 10.0. The van der Waals surface area contributed by atoms with Crippen molar-refractivity contribution in [3.63, 3.8) is 0 Å². The smallest absolute Gasteiger partial charge is 0.0468 e. The van der Waals surface area contributed by atoms with E-state index in [4.69, 9.17) is 29.6 Å². The Morgan fingerprint density at radius 2 is 2.00 bits per heavy atom. The lowest BCUT2D eigenvalue weighted by Gasteiger charge is -2.19. The minimum Gasteiger partial charge on any atom is -0.310 e. The first kappa shape index (κ1) is 13.4. The van der Waals surface area contributed by atoms with Crippen LogP contribution in [0.4, 0.5) is 0 Å². The van der Waals surface area contributed by atoms with Crippen LogP contribution in [0.3, 0.4) is 0 Å². The van der Waals surface area contributed by atoms with Gasteiger partial charge in [-0.25, -0.2) is 0 Å². The fraction of sp³-hybridized carbons (Fsp3) is 0.385. The van der Waals surface area contributed by atoms with E-state index < -0.39 is 0 Å². The molecule has 16 heavy (non-hydrogen) atoms. The van der Waals surface area contributed by atoms with Gasteiger partial charge in [0.25, 0.3) is 0 Å². The molecule has 1 unspecified atom stereocenters. The van der Waals surface area contributed by atoms with Crippen molar-refractivity contribution in [3.05, 3.63) is 33.8 Å². The minimum atomic E-state index is 0.127. The number of hydrogen-bond donors (Lipinski definition) is 1. The molecule has 0 saturated carbocycles. The van der Waals surface area contributed by atoms with Gasteiger partial charge in [-0.1, -0.05) is 36.2 Å². The Labute approximate surface area is 107 Å². The van der Waals surface area contributed by atoms with Crippen LogP contribution in [-0.4, -0.2) is 6.54 Å². The normalized spacial score (nSPS) is 12.1. The van der Waals surface area contributed by atoms with E-state index in [0.29, 0.717) is 16.5 Å². The summed E-state index contributed by atoms with van der Waals surface area (Å²) in [5, 5.41) is 4.73. The number of hydrogen-bond acceptors (Lipinski definition) is 1. The van der Waals surface area contributed by atoms with Crippen molar-refractivity contribution in [2.24, 2.45) is 0 Å². The molecule has 1 aromatic carbocycles. The van der Waals surface area contributed by atoms with Gasteiger partial charge in [-0.3, -0.25) is 0 Å². The zero-order valence-corrected chi connectivity index (χ0v) is 10.8. The van der Waals surface area contributed by atoms with Crippen LogP contribution in [0.1, 0.15) is 31.4 Å². The predicted octanol–water partition coefficient (Wildman–Crippen LogP) is 4.06. The summed E-state index contributed by atoms with van der Waals surface area (Å²) in [4.78, 5) is 0. The Kier molecular flexibility index (Phi) is 5.69. The van der Waals surface area contributed by atoms with Crippen LogP contribution in [0.15, 0.2) is 18.2 Å². The van der Waals surface area contributed by atoms with Crippen LogP contribution >= 0.6 is 23.2 Å². The average Bonchev–Trinajstić information content (AvgIpc) is 2.25. The van der Waals surface area contributed by atoms with Gasteiger partial charge in [-0.05, 0) is 25.1 Å². The summed E-state index contributed by atoms with van der Waals surface area (Å²) in [5.41, 5.74) is 0.947. The highest BCUT2D eigenvalue weighted by Crippen LogP contribution is 2.32. The molecule has 1 atom stereocenters. The Hall–Kier alpha value is -0.680.